The van der Waals surface area contributed by atoms with Gasteiger partial charge in [0.15, 0.2) is 0 Å². The Hall–Kier alpha value is -3.22. The minimum absolute atomic E-state index is 0.0419. The second-order valence-corrected chi connectivity index (χ2v) is 7.48. The Morgan fingerprint density at radius 1 is 1.17 bits per heavy atom. The van der Waals surface area contributed by atoms with E-state index in [0.717, 1.165) is 36.5 Å². The number of hydrogen-bond acceptors (Lipinski definition) is 4. The molecule has 1 saturated heterocycles. The Morgan fingerprint density at radius 2 is 2.00 bits per heavy atom. The second kappa shape index (κ2) is 8.43. The summed E-state index contributed by atoms with van der Waals surface area (Å²) < 4.78 is 3.06. The van der Waals surface area contributed by atoms with Crippen molar-refractivity contribution in [1.82, 2.24) is 24.2 Å². The molecule has 1 aliphatic rings. The van der Waals surface area contributed by atoms with Gasteiger partial charge in [-0.3, -0.25) is 9.78 Å². The van der Waals surface area contributed by atoms with Crippen molar-refractivity contribution in [3.8, 4) is 5.69 Å². The number of benzene rings is 1. The predicted octanol–water partition coefficient (Wildman–Crippen LogP) is 2.30. The molecular weight excluding hydrogens is 366 g/mol. The second-order valence-electron chi connectivity index (χ2n) is 7.48. The van der Waals surface area contributed by atoms with E-state index in [1.807, 2.05) is 47.4 Å². The van der Waals surface area contributed by atoms with Crippen molar-refractivity contribution < 1.29 is 4.79 Å². The lowest BCUT2D eigenvalue weighted by Crippen LogP contribution is -2.40. The number of aromatic nitrogens is 4. The lowest BCUT2D eigenvalue weighted by Gasteiger charge is -2.32. The molecule has 4 rings (SSSR count). The van der Waals surface area contributed by atoms with Gasteiger partial charge in [0.05, 0.1) is 5.69 Å². The van der Waals surface area contributed by atoms with Crippen LogP contribution in [0.1, 0.15) is 36.6 Å². The van der Waals surface area contributed by atoms with Crippen molar-refractivity contribution >= 4 is 5.91 Å². The average molecular weight is 391 g/mol. The molecule has 7 nitrogen and oxygen atoms in total. The van der Waals surface area contributed by atoms with Crippen LogP contribution in [0.25, 0.3) is 5.69 Å². The maximum atomic E-state index is 12.8. The first kappa shape index (κ1) is 19.1. The molecule has 0 bridgehead atoms. The monoisotopic (exact) mass is 391 g/mol. The Morgan fingerprint density at radius 3 is 2.76 bits per heavy atom. The number of hydrogen-bond donors (Lipinski definition) is 0. The molecule has 2 aromatic heterocycles. The van der Waals surface area contributed by atoms with Crippen LogP contribution in [0.5, 0.6) is 0 Å². The van der Waals surface area contributed by atoms with E-state index in [1.165, 1.54) is 4.68 Å². The number of carbonyl (C=O) groups is 1. The summed E-state index contributed by atoms with van der Waals surface area (Å²) in [4.78, 5) is 31.5. The predicted molar refractivity (Wildman–Crippen MR) is 110 cm³/mol. The third-order valence-corrected chi connectivity index (χ3v) is 5.45. The van der Waals surface area contributed by atoms with E-state index in [1.54, 1.807) is 24.0 Å². The fourth-order valence-corrected chi connectivity index (χ4v) is 3.94. The number of aryl methyl sites for hydroxylation is 2. The summed E-state index contributed by atoms with van der Waals surface area (Å²) in [6.07, 6.45) is 6.51. The maximum Gasteiger partial charge on any atom is 0.350 e. The van der Waals surface area contributed by atoms with Crippen LogP contribution in [-0.2, 0) is 18.3 Å². The first-order valence-electron chi connectivity index (χ1n) is 10.0. The van der Waals surface area contributed by atoms with Crippen molar-refractivity contribution in [1.29, 1.82) is 0 Å². The molecule has 3 heterocycles. The summed E-state index contributed by atoms with van der Waals surface area (Å²) in [6, 6.07) is 13.4. The van der Waals surface area contributed by atoms with Gasteiger partial charge in [0.2, 0.25) is 5.91 Å². The molecule has 1 aromatic carbocycles. The number of piperidine rings is 1. The summed E-state index contributed by atoms with van der Waals surface area (Å²) >= 11 is 0. The molecule has 1 atom stereocenters. The summed E-state index contributed by atoms with van der Waals surface area (Å²) in [5.41, 5.74) is 1.71. The molecule has 150 valence electrons. The molecule has 29 heavy (non-hydrogen) atoms. The largest absolute Gasteiger partial charge is 0.350 e. The minimum Gasteiger partial charge on any atom is -0.342 e. The highest BCUT2D eigenvalue weighted by molar-refractivity contribution is 5.76. The molecule has 0 saturated carbocycles. The van der Waals surface area contributed by atoms with Crippen LogP contribution in [0.4, 0.5) is 0 Å². The van der Waals surface area contributed by atoms with E-state index in [4.69, 9.17) is 0 Å². The third-order valence-electron chi connectivity index (χ3n) is 5.45. The van der Waals surface area contributed by atoms with Crippen molar-refractivity contribution in [2.24, 2.45) is 7.05 Å². The van der Waals surface area contributed by atoms with Crippen molar-refractivity contribution in [3.05, 3.63) is 76.7 Å². The smallest absolute Gasteiger partial charge is 0.342 e. The summed E-state index contributed by atoms with van der Waals surface area (Å²) in [6.45, 7) is 1.35. The van der Waals surface area contributed by atoms with Gasteiger partial charge in [0.1, 0.15) is 5.82 Å². The molecule has 0 unspecified atom stereocenters. The van der Waals surface area contributed by atoms with Gasteiger partial charge in [-0.15, -0.1) is 0 Å². The van der Waals surface area contributed by atoms with Crippen LogP contribution in [0, 0.1) is 0 Å². The Kier molecular flexibility index (Phi) is 5.55. The number of amides is 1. The van der Waals surface area contributed by atoms with Crippen LogP contribution in [0.2, 0.25) is 0 Å². The average Bonchev–Trinajstić information content (AvgIpc) is 3.08. The number of carbonyl (C=O) groups excluding carboxylic acids is 1. The fourth-order valence-electron chi connectivity index (χ4n) is 3.94. The fraction of sp³-hybridized carbons (Fsp3) is 0.364. The van der Waals surface area contributed by atoms with E-state index < -0.39 is 0 Å². The van der Waals surface area contributed by atoms with Crippen LogP contribution >= 0.6 is 0 Å². The highest BCUT2D eigenvalue weighted by Gasteiger charge is 2.29. The first-order valence-corrected chi connectivity index (χ1v) is 10.0. The maximum absolute atomic E-state index is 12.8. The zero-order valence-corrected chi connectivity index (χ0v) is 16.6. The van der Waals surface area contributed by atoms with E-state index in [-0.39, 0.29) is 17.5 Å². The standard InChI is InChI=1S/C22H25N5O2/c1-25-22(29)27(19-9-3-2-4-10-19)21(24-25)18-8-6-14-26(16-18)20(28)12-11-17-7-5-13-23-15-17/h2-5,7,9-10,13,15,18H,6,8,11-12,14,16H2,1H3/t18-/m0/s1. The normalized spacial score (nSPS) is 16.7. The van der Waals surface area contributed by atoms with Gasteiger partial charge in [0.25, 0.3) is 0 Å². The topological polar surface area (TPSA) is 73.0 Å². The molecular formula is C22H25N5O2. The molecule has 0 radical (unpaired) electrons. The summed E-state index contributed by atoms with van der Waals surface area (Å²) in [5.74, 6) is 0.914. The van der Waals surface area contributed by atoms with Gasteiger partial charge in [-0.05, 0) is 43.0 Å². The lowest BCUT2D eigenvalue weighted by molar-refractivity contribution is -0.132. The minimum atomic E-state index is -0.161. The lowest BCUT2D eigenvalue weighted by atomic mass is 9.96. The van der Waals surface area contributed by atoms with E-state index >= 15 is 0 Å². The number of rotatable bonds is 5. The molecule has 7 heteroatoms. The molecule has 0 spiro atoms. The summed E-state index contributed by atoms with van der Waals surface area (Å²) in [5, 5.41) is 4.52. The van der Waals surface area contributed by atoms with E-state index in [9.17, 15) is 9.59 Å². The molecule has 3 aromatic rings. The number of para-hydroxylation sites is 1. The van der Waals surface area contributed by atoms with Gasteiger partial charge in [-0.1, -0.05) is 24.3 Å². The Bertz CT molecular complexity index is 1030. The highest BCUT2D eigenvalue weighted by Crippen LogP contribution is 2.27. The van der Waals surface area contributed by atoms with Gasteiger partial charge < -0.3 is 4.90 Å². The number of pyridine rings is 1. The molecule has 0 N–H and O–H groups in total. The van der Waals surface area contributed by atoms with Gasteiger partial charge in [-0.2, -0.15) is 5.10 Å². The van der Waals surface area contributed by atoms with Gasteiger partial charge >= 0.3 is 5.69 Å². The van der Waals surface area contributed by atoms with E-state index in [0.29, 0.717) is 19.4 Å². The van der Waals surface area contributed by atoms with Crippen molar-refractivity contribution in [2.75, 3.05) is 13.1 Å². The molecule has 1 fully saturated rings. The van der Waals surface area contributed by atoms with E-state index in [2.05, 4.69) is 10.1 Å². The highest BCUT2D eigenvalue weighted by atomic mass is 16.2. The number of likely N-dealkylation sites (tertiary alicyclic amines) is 1. The van der Waals surface area contributed by atoms with Crippen LogP contribution in [-0.4, -0.2) is 43.2 Å². The molecule has 1 amide bonds. The Labute approximate surface area is 169 Å². The zero-order chi connectivity index (χ0) is 20.2. The van der Waals surface area contributed by atoms with Crippen LogP contribution < -0.4 is 5.69 Å². The molecule has 1 aliphatic heterocycles. The van der Waals surface area contributed by atoms with Crippen LogP contribution in [0.3, 0.4) is 0 Å². The summed E-state index contributed by atoms with van der Waals surface area (Å²) in [7, 11) is 1.67. The zero-order valence-electron chi connectivity index (χ0n) is 16.6. The van der Waals surface area contributed by atoms with Crippen molar-refractivity contribution in [3.63, 3.8) is 0 Å². The van der Waals surface area contributed by atoms with Crippen molar-refractivity contribution in [2.45, 2.75) is 31.6 Å². The van der Waals surface area contributed by atoms with Crippen LogP contribution in [0.15, 0.2) is 59.7 Å². The van der Waals surface area contributed by atoms with Gasteiger partial charge in [-0.25, -0.2) is 14.0 Å². The molecule has 0 aliphatic carbocycles. The third kappa shape index (κ3) is 4.13. The Balaban J connectivity index is 1.51. The quantitative estimate of drug-likeness (QED) is 0.669. The van der Waals surface area contributed by atoms with Gasteiger partial charge in [0, 0.05) is 44.9 Å². The first-order chi connectivity index (χ1) is 14.1. The SMILES string of the molecule is Cn1nc([C@H]2CCCN(C(=O)CCc3cccnc3)C2)n(-c2ccccc2)c1=O. The number of nitrogens with zero attached hydrogens (tertiary/aromatic N) is 5.